The van der Waals surface area contributed by atoms with E-state index < -0.39 is 0 Å². The van der Waals surface area contributed by atoms with Crippen molar-refractivity contribution in [3.8, 4) is 5.75 Å². The molecule has 8 nitrogen and oxygen atoms in total. The number of aryl methyl sites for hydroxylation is 1. The molecule has 1 aromatic carbocycles. The highest BCUT2D eigenvalue weighted by Gasteiger charge is 2.30. The van der Waals surface area contributed by atoms with Crippen molar-refractivity contribution in [3.63, 3.8) is 0 Å². The zero-order valence-electron chi connectivity index (χ0n) is 17.3. The quantitative estimate of drug-likeness (QED) is 0.575. The van der Waals surface area contributed by atoms with Crippen LogP contribution in [0.2, 0.25) is 0 Å². The Hall–Kier alpha value is -2.94. The van der Waals surface area contributed by atoms with Gasteiger partial charge in [-0.05, 0) is 26.0 Å². The number of likely N-dealkylation sites (tertiary alicyclic amines) is 1. The van der Waals surface area contributed by atoms with Crippen LogP contribution in [0.3, 0.4) is 0 Å². The molecule has 3 heterocycles. The molecular formula is C21H24N4O4S. The number of thiazole rings is 1. The topological polar surface area (TPSA) is 88.8 Å². The fraction of sp³-hybridized carbons (Fsp3) is 0.429. The summed E-state index contributed by atoms with van der Waals surface area (Å²) in [5.74, 6) is 1.21. The summed E-state index contributed by atoms with van der Waals surface area (Å²) in [5.41, 5.74) is 1.13. The van der Waals surface area contributed by atoms with Gasteiger partial charge in [0.1, 0.15) is 12.4 Å². The lowest BCUT2D eigenvalue weighted by Crippen LogP contribution is -2.33. The van der Waals surface area contributed by atoms with Crippen LogP contribution in [0.1, 0.15) is 34.6 Å². The number of aromatic nitrogens is 2. The molecule has 2 amide bonds. The molecule has 4 rings (SSSR count). The maximum atomic E-state index is 12.7. The van der Waals surface area contributed by atoms with E-state index in [0.717, 1.165) is 15.2 Å². The van der Waals surface area contributed by atoms with Gasteiger partial charge in [-0.1, -0.05) is 5.16 Å². The molecule has 1 fully saturated rings. The number of hydrogen-bond acceptors (Lipinski definition) is 7. The number of rotatable bonds is 7. The van der Waals surface area contributed by atoms with Crippen molar-refractivity contribution in [2.45, 2.75) is 26.9 Å². The van der Waals surface area contributed by atoms with Crippen LogP contribution >= 0.6 is 11.3 Å². The van der Waals surface area contributed by atoms with Gasteiger partial charge < -0.3 is 19.1 Å². The van der Waals surface area contributed by atoms with Gasteiger partial charge in [0.25, 0.3) is 5.91 Å². The van der Waals surface area contributed by atoms with Crippen molar-refractivity contribution >= 4 is 33.4 Å². The predicted molar refractivity (Wildman–Crippen MR) is 113 cm³/mol. The summed E-state index contributed by atoms with van der Waals surface area (Å²) in [6.45, 7) is 6.00. The Balaban J connectivity index is 1.33. The highest BCUT2D eigenvalue weighted by atomic mass is 32.1. The molecule has 0 bridgehead atoms. The molecule has 1 aliphatic heterocycles. The maximum Gasteiger partial charge on any atom is 0.275 e. The number of carbonyl (C=O) groups excluding carboxylic acids is 2. The van der Waals surface area contributed by atoms with E-state index in [1.165, 1.54) is 0 Å². The monoisotopic (exact) mass is 428 g/mol. The minimum Gasteiger partial charge on any atom is -0.485 e. The lowest BCUT2D eigenvalue weighted by Gasteiger charge is -2.20. The summed E-state index contributed by atoms with van der Waals surface area (Å²) in [5, 5.41) is 4.90. The second-order valence-corrected chi connectivity index (χ2v) is 8.75. The van der Waals surface area contributed by atoms with E-state index in [1.807, 2.05) is 36.9 Å². The summed E-state index contributed by atoms with van der Waals surface area (Å²) in [6.07, 6.45) is 0.478. The van der Waals surface area contributed by atoms with Crippen molar-refractivity contribution in [3.05, 3.63) is 40.7 Å². The molecule has 1 saturated heterocycles. The number of hydrogen-bond donors (Lipinski definition) is 0. The standard InChI is InChI=1S/C21H24N4O4S/c1-4-25-11-14(7-20(25)26)10-24(3)21(27)18-9-16(29-23-18)12-28-15-5-6-19-17(8-15)22-13(2)30-19/h5-6,8-9,14H,4,7,10-12H2,1-3H3/t14-/m0/s1. The Kier molecular flexibility index (Phi) is 5.72. The van der Waals surface area contributed by atoms with Crippen LogP contribution in [-0.2, 0) is 11.4 Å². The minimum atomic E-state index is -0.230. The molecule has 0 unspecified atom stereocenters. The van der Waals surface area contributed by atoms with Crippen LogP contribution in [-0.4, -0.2) is 58.4 Å². The Morgan fingerprint density at radius 2 is 2.23 bits per heavy atom. The number of fused-ring (bicyclic) bond motifs is 1. The molecule has 0 radical (unpaired) electrons. The number of carbonyl (C=O) groups is 2. The number of ether oxygens (including phenoxy) is 1. The Bertz CT molecular complexity index is 1080. The first-order chi connectivity index (χ1) is 14.4. The zero-order valence-corrected chi connectivity index (χ0v) is 18.1. The van der Waals surface area contributed by atoms with Crippen molar-refractivity contribution in [2.75, 3.05) is 26.7 Å². The lowest BCUT2D eigenvalue weighted by atomic mass is 10.1. The molecule has 1 aliphatic rings. The Labute approximate surface area is 178 Å². The van der Waals surface area contributed by atoms with E-state index in [1.54, 1.807) is 29.4 Å². The molecule has 3 aromatic rings. The third-order valence-corrected chi connectivity index (χ3v) is 6.13. The molecule has 1 atom stereocenters. The van der Waals surface area contributed by atoms with Gasteiger partial charge in [-0.15, -0.1) is 11.3 Å². The summed E-state index contributed by atoms with van der Waals surface area (Å²) < 4.78 is 12.2. The fourth-order valence-corrected chi connectivity index (χ4v) is 4.50. The molecule has 0 spiro atoms. The van der Waals surface area contributed by atoms with Gasteiger partial charge in [0.2, 0.25) is 5.91 Å². The molecule has 0 aliphatic carbocycles. The molecular weight excluding hydrogens is 404 g/mol. The zero-order chi connectivity index (χ0) is 21.3. The van der Waals surface area contributed by atoms with Gasteiger partial charge in [-0.3, -0.25) is 9.59 Å². The van der Waals surface area contributed by atoms with Crippen LogP contribution in [0.4, 0.5) is 0 Å². The average molecular weight is 429 g/mol. The van der Waals surface area contributed by atoms with E-state index >= 15 is 0 Å². The average Bonchev–Trinajstić information content (AvgIpc) is 3.42. The van der Waals surface area contributed by atoms with E-state index in [0.29, 0.717) is 37.6 Å². The predicted octanol–water partition coefficient (Wildman–Crippen LogP) is 3.11. The smallest absolute Gasteiger partial charge is 0.275 e. The normalized spacial score (nSPS) is 16.4. The molecule has 9 heteroatoms. The molecule has 0 saturated carbocycles. The van der Waals surface area contributed by atoms with Crippen molar-refractivity contribution < 1.29 is 18.8 Å². The number of benzene rings is 1. The molecule has 2 aromatic heterocycles. The van der Waals surface area contributed by atoms with Gasteiger partial charge >= 0.3 is 0 Å². The van der Waals surface area contributed by atoms with E-state index in [2.05, 4.69) is 10.1 Å². The first-order valence-corrected chi connectivity index (χ1v) is 10.7. The number of nitrogens with zero attached hydrogens (tertiary/aromatic N) is 4. The molecule has 0 N–H and O–H groups in total. The second-order valence-electron chi connectivity index (χ2n) is 7.52. The van der Waals surface area contributed by atoms with Crippen molar-refractivity contribution in [1.29, 1.82) is 0 Å². The van der Waals surface area contributed by atoms with Crippen molar-refractivity contribution in [1.82, 2.24) is 19.9 Å². The summed E-state index contributed by atoms with van der Waals surface area (Å²) in [7, 11) is 1.72. The summed E-state index contributed by atoms with van der Waals surface area (Å²) >= 11 is 1.64. The van der Waals surface area contributed by atoms with Gasteiger partial charge in [0, 0.05) is 51.2 Å². The third kappa shape index (κ3) is 4.30. The van der Waals surface area contributed by atoms with Crippen LogP contribution in [0, 0.1) is 12.8 Å². The van der Waals surface area contributed by atoms with Crippen molar-refractivity contribution in [2.24, 2.45) is 5.92 Å². The van der Waals surface area contributed by atoms with Crippen LogP contribution < -0.4 is 4.74 Å². The van der Waals surface area contributed by atoms with Crippen LogP contribution in [0.15, 0.2) is 28.8 Å². The van der Waals surface area contributed by atoms with Gasteiger partial charge in [0.05, 0.1) is 15.2 Å². The van der Waals surface area contributed by atoms with E-state index in [9.17, 15) is 9.59 Å². The van der Waals surface area contributed by atoms with Gasteiger partial charge in [-0.25, -0.2) is 4.98 Å². The Morgan fingerprint density at radius 3 is 3.00 bits per heavy atom. The highest BCUT2D eigenvalue weighted by molar-refractivity contribution is 7.18. The van der Waals surface area contributed by atoms with Gasteiger partial charge in [0.15, 0.2) is 11.5 Å². The third-order valence-electron chi connectivity index (χ3n) is 5.18. The SMILES string of the molecule is CCN1C[C@H](CN(C)C(=O)c2cc(COc3ccc4sc(C)nc4c3)on2)CC1=O. The first kappa shape index (κ1) is 20.3. The van der Waals surface area contributed by atoms with Crippen LogP contribution in [0.25, 0.3) is 10.2 Å². The first-order valence-electron chi connectivity index (χ1n) is 9.91. The second kappa shape index (κ2) is 8.43. The Morgan fingerprint density at radius 1 is 1.40 bits per heavy atom. The maximum absolute atomic E-state index is 12.7. The number of amides is 2. The highest BCUT2D eigenvalue weighted by Crippen LogP contribution is 2.26. The molecule has 158 valence electrons. The van der Waals surface area contributed by atoms with E-state index in [-0.39, 0.29) is 30.0 Å². The van der Waals surface area contributed by atoms with E-state index in [4.69, 9.17) is 9.26 Å². The summed E-state index contributed by atoms with van der Waals surface area (Å²) in [6, 6.07) is 7.35. The largest absolute Gasteiger partial charge is 0.485 e. The lowest BCUT2D eigenvalue weighted by molar-refractivity contribution is -0.127. The van der Waals surface area contributed by atoms with Crippen LogP contribution in [0.5, 0.6) is 5.75 Å². The van der Waals surface area contributed by atoms with Gasteiger partial charge in [-0.2, -0.15) is 0 Å². The summed E-state index contributed by atoms with van der Waals surface area (Å²) in [4.78, 5) is 32.4. The molecule has 30 heavy (non-hydrogen) atoms. The minimum absolute atomic E-state index is 0.144. The fourth-order valence-electron chi connectivity index (χ4n) is 3.70.